The van der Waals surface area contributed by atoms with Gasteiger partial charge in [-0.05, 0) is 30.5 Å². The lowest BCUT2D eigenvalue weighted by Gasteiger charge is -2.06. The van der Waals surface area contributed by atoms with Crippen molar-refractivity contribution in [2.75, 3.05) is 18.5 Å². The standard InChI is InChI=1S/C15H20N2O2S/c1-10(2)9-19-7-6-14(18)17-15-16-12-5-4-11(3)8-13(12)20-15/h4-5,8,10H,6-7,9H2,1-3H3,(H,16,17,18). The Balaban J connectivity index is 1.86. The van der Waals surface area contributed by atoms with E-state index >= 15 is 0 Å². The Morgan fingerprint density at radius 2 is 2.25 bits per heavy atom. The molecule has 0 saturated heterocycles. The maximum absolute atomic E-state index is 11.8. The summed E-state index contributed by atoms with van der Waals surface area (Å²) >= 11 is 1.50. The van der Waals surface area contributed by atoms with E-state index in [1.165, 1.54) is 16.9 Å². The number of rotatable bonds is 6. The molecule has 5 heteroatoms. The van der Waals surface area contributed by atoms with Gasteiger partial charge in [0, 0.05) is 6.61 Å². The molecule has 0 spiro atoms. The van der Waals surface area contributed by atoms with Crippen molar-refractivity contribution in [3.8, 4) is 0 Å². The van der Waals surface area contributed by atoms with Crippen LogP contribution in [0.5, 0.6) is 0 Å². The van der Waals surface area contributed by atoms with Crippen molar-refractivity contribution in [3.05, 3.63) is 23.8 Å². The molecule has 2 aromatic rings. The summed E-state index contributed by atoms with van der Waals surface area (Å²) in [5, 5.41) is 3.48. The molecule has 1 aromatic carbocycles. The van der Waals surface area contributed by atoms with Crippen LogP contribution >= 0.6 is 11.3 Å². The van der Waals surface area contributed by atoms with E-state index in [0.717, 1.165) is 10.2 Å². The molecule has 20 heavy (non-hydrogen) atoms. The third-order valence-electron chi connectivity index (χ3n) is 2.71. The molecule has 1 heterocycles. The number of benzene rings is 1. The zero-order valence-corrected chi connectivity index (χ0v) is 12.9. The first-order valence-corrected chi connectivity index (χ1v) is 7.61. The summed E-state index contributed by atoms with van der Waals surface area (Å²) in [4.78, 5) is 16.2. The van der Waals surface area contributed by atoms with Crippen LogP contribution < -0.4 is 5.32 Å². The topological polar surface area (TPSA) is 51.2 Å². The molecule has 0 aliphatic carbocycles. The van der Waals surface area contributed by atoms with Crippen LogP contribution in [0, 0.1) is 12.8 Å². The highest BCUT2D eigenvalue weighted by molar-refractivity contribution is 7.22. The number of hydrogen-bond acceptors (Lipinski definition) is 4. The second-order valence-corrected chi connectivity index (χ2v) is 6.29. The first-order chi connectivity index (χ1) is 9.54. The van der Waals surface area contributed by atoms with Crippen LogP contribution in [-0.4, -0.2) is 24.1 Å². The fourth-order valence-corrected chi connectivity index (χ4v) is 2.73. The number of carbonyl (C=O) groups excluding carboxylic acids is 1. The van der Waals surface area contributed by atoms with E-state index in [0.29, 0.717) is 30.7 Å². The SMILES string of the molecule is Cc1ccc2nc(NC(=O)CCOCC(C)C)sc2c1. The third-order valence-corrected chi connectivity index (χ3v) is 3.65. The molecule has 1 amide bonds. The normalized spacial score (nSPS) is 11.2. The summed E-state index contributed by atoms with van der Waals surface area (Å²) in [6, 6.07) is 6.07. The molecular formula is C15H20N2O2S. The van der Waals surface area contributed by atoms with E-state index in [-0.39, 0.29) is 5.91 Å². The summed E-state index contributed by atoms with van der Waals surface area (Å²) in [6.07, 6.45) is 0.363. The maximum atomic E-state index is 11.8. The number of nitrogens with one attached hydrogen (secondary N) is 1. The Morgan fingerprint density at radius 3 is 3.00 bits per heavy atom. The predicted molar refractivity (Wildman–Crippen MR) is 83.3 cm³/mol. The monoisotopic (exact) mass is 292 g/mol. The first-order valence-electron chi connectivity index (χ1n) is 6.79. The Labute approximate surface area is 123 Å². The highest BCUT2D eigenvalue weighted by atomic mass is 32.1. The minimum absolute atomic E-state index is 0.0514. The molecule has 0 aliphatic rings. The molecule has 0 aliphatic heterocycles. The lowest BCUT2D eigenvalue weighted by atomic mass is 10.2. The van der Waals surface area contributed by atoms with Gasteiger partial charge in [-0.1, -0.05) is 31.3 Å². The second kappa shape index (κ2) is 6.81. The minimum Gasteiger partial charge on any atom is -0.381 e. The molecule has 0 unspecified atom stereocenters. The fraction of sp³-hybridized carbons (Fsp3) is 0.467. The van der Waals surface area contributed by atoms with E-state index in [1.54, 1.807) is 0 Å². The van der Waals surface area contributed by atoms with Crippen LogP contribution in [0.15, 0.2) is 18.2 Å². The number of aromatic nitrogens is 1. The summed E-state index contributed by atoms with van der Waals surface area (Å²) in [7, 11) is 0. The molecule has 0 atom stereocenters. The average molecular weight is 292 g/mol. The zero-order valence-electron chi connectivity index (χ0n) is 12.1. The highest BCUT2D eigenvalue weighted by Crippen LogP contribution is 2.26. The van der Waals surface area contributed by atoms with Gasteiger partial charge in [0.05, 0.1) is 23.2 Å². The van der Waals surface area contributed by atoms with Crippen LogP contribution in [0.3, 0.4) is 0 Å². The number of hydrogen-bond donors (Lipinski definition) is 1. The number of aryl methyl sites for hydroxylation is 1. The lowest BCUT2D eigenvalue weighted by molar-refractivity contribution is -0.117. The van der Waals surface area contributed by atoms with Crippen molar-refractivity contribution < 1.29 is 9.53 Å². The highest BCUT2D eigenvalue weighted by Gasteiger charge is 2.08. The molecule has 2 rings (SSSR count). The van der Waals surface area contributed by atoms with E-state index in [2.05, 4.69) is 30.2 Å². The molecule has 4 nitrogen and oxygen atoms in total. The number of amides is 1. The van der Waals surface area contributed by atoms with Gasteiger partial charge in [0.2, 0.25) is 5.91 Å². The van der Waals surface area contributed by atoms with Gasteiger partial charge in [0.25, 0.3) is 0 Å². The van der Waals surface area contributed by atoms with E-state index in [9.17, 15) is 4.79 Å². The second-order valence-electron chi connectivity index (χ2n) is 5.26. The molecule has 0 fully saturated rings. The van der Waals surface area contributed by atoms with Crippen molar-refractivity contribution in [3.63, 3.8) is 0 Å². The summed E-state index contributed by atoms with van der Waals surface area (Å²) < 4.78 is 6.49. The van der Waals surface area contributed by atoms with Crippen molar-refractivity contribution in [1.29, 1.82) is 0 Å². The lowest BCUT2D eigenvalue weighted by Crippen LogP contribution is -2.15. The largest absolute Gasteiger partial charge is 0.381 e. The molecular weight excluding hydrogens is 272 g/mol. The van der Waals surface area contributed by atoms with Crippen molar-refractivity contribution in [2.45, 2.75) is 27.2 Å². The van der Waals surface area contributed by atoms with Gasteiger partial charge >= 0.3 is 0 Å². The Morgan fingerprint density at radius 1 is 1.45 bits per heavy atom. The maximum Gasteiger partial charge on any atom is 0.228 e. The summed E-state index contributed by atoms with van der Waals surface area (Å²) in [5.74, 6) is 0.440. The molecule has 0 saturated carbocycles. The van der Waals surface area contributed by atoms with Crippen LogP contribution in [0.25, 0.3) is 10.2 Å². The molecule has 0 radical (unpaired) electrons. The number of nitrogens with zero attached hydrogens (tertiary/aromatic N) is 1. The predicted octanol–water partition coefficient (Wildman–Crippen LogP) is 3.61. The number of ether oxygens (including phenoxy) is 1. The fourth-order valence-electron chi connectivity index (χ4n) is 1.75. The summed E-state index contributed by atoms with van der Waals surface area (Å²) in [6.45, 7) is 7.36. The van der Waals surface area contributed by atoms with Crippen molar-refractivity contribution in [2.24, 2.45) is 5.92 Å². The first kappa shape index (κ1) is 14.9. The third kappa shape index (κ3) is 4.28. The quantitative estimate of drug-likeness (QED) is 0.828. The minimum atomic E-state index is -0.0514. The van der Waals surface area contributed by atoms with Gasteiger partial charge in [-0.15, -0.1) is 0 Å². The average Bonchev–Trinajstić information content (AvgIpc) is 2.75. The Hall–Kier alpha value is -1.46. The van der Waals surface area contributed by atoms with Crippen molar-refractivity contribution in [1.82, 2.24) is 4.98 Å². The summed E-state index contributed by atoms with van der Waals surface area (Å²) in [5.41, 5.74) is 2.12. The van der Waals surface area contributed by atoms with E-state index < -0.39 is 0 Å². The van der Waals surface area contributed by atoms with E-state index in [4.69, 9.17) is 4.74 Å². The molecule has 1 N–H and O–H groups in total. The van der Waals surface area contributed by atoms with Crippen LogP contribution in [0.2, 0.25) is 0 Å². The van der Waals surface area contributed by atoms with Crippen LogP contribution in [-0.2, 0) is 9.53 Å². The Bertz CT molecular complexity index is 593. The van der Waals surface area contributed by atoms with Gasteiger partial charge < -0.3 is 10.1 Å². The van der Waals surface area contributed by atoms with Gasteiger partial charge in [0.15, 0.2) is 5.13 Å². The van der Waals surface area contributed by atoms with Crippen LogP contribution in [0.1, 0.15) is 25.8 Å². The van der Waals surface area contributed by atoms with Gasteiger partial charge in [-0.25, -0.2) is 4.98 Å². The zero-order chi connectivity index (χ0) is 14.5. The number of anilines is 1. The van der Waals surface area contributed by atoms with Gasteiger partial charge in [-0.3, -0.25) is 4.79 Å². The van der Waals surface area contributed by atoms with Gasteiger partial charge in [-0.2, -0.15) is 0 Å². The number of fused-ring (bicyclic) bond motifs is 1. The van der Waals surface area contributed by atoms with Crippen LogP contribution in [0.4, 0.5) is 5.13 Å². The number of thiazole rings is 1. The van der Waals surface area contributed by atoms with Gasteiger partial charge in [0.1, 0.15) is 0 Å². The molecule has 108 valence electrons. The van der Waals surface area contributed by atoms with E-state index in [1.807, 2.05) is 19.1 Å². The molecule has 0 bridgehead atoms. The van der Waals surface area contributed by atoms with Crippen molar-refractivity contribution >= 4 is 32.6 Å². The smallest absolute Gasteiger partial charge is 0.228 e. The Kier molecular flexibility index (Phi) is 5.09. The molecule has 1 aromatic heterocycles. The number of carbonyl (C=O) groups is 1.